The number of rotatable bonds is 5. The maximum atomic E-state index is 5.52. The van der Waals surface area contributed by atoms with E-state index < -0.39 is 0 Å². The van der Waals surface area contributed by atoms with Gasteiger partial charge in [-0.25, -0.2) is 15.8 Å². The van der Waals surface area contributed by atoms with E-state index in [0.717, 1.165) is 33.5 Å². The fraction of sp³-hybridized carbons (Fsp3) is 0.286. The van der Waals surface area contributed by atoms with Crippen molar-refractivity contribution in [3.8, 4) is 5.75 Å². The van der Waals surface area contributed by atoms with Crippen LogP contribution in [0.4, 0.5) is 5.82 Å². The standard InChI is InChI=1S/C14H18N4OS/c1-4-12-16-13(18-15)9(2)14(17-12)20-11-8-6-5-7-10(11)19-3/h5-8H,4,15H2,1-3H3,(H,16,17,18). The Bertz CT molecular complexity index is 604. The predicted octanol–water partition coefficient (Wildman–Crippen LogP) is 2.79. The van der Waals surface area contributed by atoms with Gasteiger partial charge in [0.2, 0.25) is 0 Å². The molecule has 0 aliphatic rings. The van der Waals surface area contributed by atoms with Crippen LogP contribution in [-0.2, 0) is 6.42 Å². The second kappa shape index (κ2) is 6.58. The van der Waals surface area contributed by atoms with Crippen molar-refractivity contribution < 1.29 is 4.74 Å². The van der Waals surface area contributed by atoms with E-state index in [9.17, 15) is 0 Å². The van der Waals surface area contributed by atoms with Crippen LogP contribution >= 0.6 is 11.8 Å². The van der Waals surface area contributed by atoms with Gasteiger partial charge in [0, 0.05) is 12.0 Å². The van der Waals surface area contributed by atoms with Gasteiger partial charge in [0.1, 0.15) is 22.4 Å². The van der Waals surface area contributed by atoms with Gasteiger partial charge in [0.05, 0.1) is 12.0 Å². The number of para-hydroxylation sites is 1. The third-order valence-corrected chi connectivity index (χ3v) is 4.02. The first-order valence-electron chi connectivity index (χ1n) is 6.34. The fourth-order valence-corrected chi connectivity index (χ4v) is 2.75. The van der Waals surface area contributed by atoms with E-state index in [4.69, 9.17) is 10.6 Å². The minimum Gasteiger partial charge on any atom is -0.496 e. The first-order valence-corrected chi connectivity index (χ1v) is 7.16. The Morgan fingerprint density at radius 1 is 1.30 bits per heavy atom. The molecule has 1 aromatic carbocycles. The molecule has 6 heteroatoms. The molecule has 0 unspecified atom stereocenters. The van der Waals surface area contributed by atoms with Gasteiger partial charge in [-0.1, -0.05) is 30.8 Å². The second-order valence-electron chi connectivity index (χ2n) is 4.17. The average molecular weight is 290 g/mol. The minimum atomic E-state index is 0.661. The van der Waals surface area contributed by atoms with Crippen LogP contribution in [0.3, 0.4) is 0 Å². The monoisotopic (exact) mass is 290 g/mol. The van der Waals surface area contributed by atoms with Crippen molar-refractivity contribution in [3.63, 3.8) is 0 Å². The molecule has 5 nitrogen and oxygen atoms in total. The van der Waals surface area contributed by atoms with Crippen LogP contribution in [0.2, 0.25) is 0 Å². The van der Waals surface area contributed by atoms with E-state index in [0.29, 0.717) is 5.82 Å². The predicted molar refractivity (Wildman–Crippen MR) is 81.1 cm³/mol. The number of methoxy groups -OCH3 is 1. The Kier molecular flexibility index (Phi) is 4.81. The van der Waals surface area contributed by atoms with Crippen LogP contribution in [0.15, 0.2) is 34.2 Å². The zero-order valence-corrected chi connectivity index (χ0v) is 12.6. The van der Waals surface area contributed by atoms with Crippen LogP contribution < -0.4 is 16.0 Å². The lowest BCUT2D eigenvalue weighted by Gasteiger charge is -2.12. The SMILES string of the molecule is CCc1nc(NN)c(C)c(Sc2ccccc2OC)n1. The van der Waals surface area contributed by atoms with Gasteiger partial charge < -0.3 is 10.2 Å². The topological polar surface area (TPSA) is 73.1 Å². The summed E-state index contributed by atoms with van der Waals surface area (Å²) in [7, 11) is 1.66. The molecule has 2 rings (SSSR count). The average Bonchev–Trinajstić information content (AvgIpc) is 2.49. The maximum Gasteiger partial charge on any atom is 0.147 e. The number of anilines is 1. The van der Waals surface area contributed by atoms with Crippen LogP contribution in [0.5, 0.6) is 5.75 Å². The lowest BCUT2D eigenvalue weighted by Crippen LogP contribution is -2.13. The Morgan fingerprint density at radius 3 is 2.70 bits per heavy atom. The molecule has 0 aliphatic carbocycles. The Morgan fingerprint density at radius 2 is 2.05 bits per heavy atom. The van der Waals surface area contributed by atoms with Crippen molar-refractivity contribution in [2.45, 2.75) is 30.2 Å². The third kappa shape index (κ3) is 3.02. The number of nitrogens with zero attached hydrogens (tertiary/aromatic N) is 2. The van der Waals surface area contributed by atoms with Gasteiger partial charge in [0.25, 0.3) is 0 Å². The first kappa shape index (κ1) is 14.6. The molecule has 0 saturated heterocycles. The van der Waals surface area contributed by atoms with E-state index in [1.54, 1.807) is 18.9 Å². The van der Waals surface area contributed by atoms with Crippen LogP contribution in [-0.4, -0.2) is 17.1 Å². The van der Waals surface area contributed by atoms with Crippen LogP contribution in [0, 0.1) is 6.92 Å². The molecule has 2 aromatic rings. The summed E-state index contributed by atoms with van der Waals surface area (Å²) in [5, 5.41) is 0.884. The third-order valence-electron chi connectivity index (χ3n) is 2.88. The van der Waals surface area contributed by atoms with Gasteiger partial charge in [0.15, 0.2) is 0 Å². The zero-order valence-electron chi connectivity index (χ0n) is 11.8. The summed E-state index contributed by atoms with van der Waals surface area (Å²) >= 11 is 1.55. The summed E-state index contributed by atoms with van der Waals surface area (Å²) in [6.07, 6.45) is 0.758. The van der Waals surface area contributed by atoms with Gasteiger partial charge in [-0.15, -0.1) is 0 Å². The first-order chi connectivity index (χ1) is 9.69. The Balaban J connectivity index is 2.42. The molecular weight excluding hydrogens is 272 g/mol. The highest BCUT2D eigenvalue weighted by Crippen LogP contribution is 2.36. The number of nitrogens with two attached hydrogens (primary N) is 1. The van der Waals surface area contributed by atoms with Crippen LogP contribution in [0.25, 0.3) is 0 Å². The number of hydrogen-bond donors (Lipinski definition) is 2. The molecule has 0 saturated carbocycles. The molecular formula is C14H18N4OS. The van der Waals surface area contributed by atoms with Crippen molar-refractivity contribution in [3.05, 3.63) is 35.7 Å². The van der Waals surface area contributed by atoms with Gasteiger partial charge in [-0.05, 0) is 19.1 Å². The fourth-order valence-electron chi connectivity index (χ4n) is 1.75. The summed E-state index contributed by atoms with van der Waals surface area (Å²) in [5.74, 6) is 7.77. The molecule has 0 atom stereocenters. The zero-order chi connectivity index (χ0) is 14.5. The summed E-state index contributed by atoms with van der Waals surface area (Å²) in [6, 6.07) is 7.86. The smallest absolute Gasteiger partial charge is 0.147 e. The molecule has 0 radical (unpaired) electrons. The van der Waals surface area contributed by atoms with Crippen molar-refractivity contribution in [2.75, 3.05) is 12.5 Å². The number of ether oxygens (including phenoxy) is 1. The van der Waals surface area contributed by atoms with E-state index in [2.05, 4.69) is 15.4 Å². The van der Waals surface area contributed by atoms with E-state index in [-0.39, 0.29) is 0 Å². The summed E-state index contributed by atoms with van der Waals surface area (Å²) in [5.41, 5.74) is 3.56. The van der Waals surface area contributed by atoms with E-state index in [1.165, 1.54) is 0 Å². The highest BCUT2D eigenvalue weighted by Gasteiger charge is 2.13. The molecule has 0 amide bonds. The van der Waals surface area contributed by atoms with Crippen molar-refractivity contribution in [1.29, 1.82) is 0 Å². The minimum absolute atomic E-state index is 0.661. The number of nitrogen functional groups attached to an aromatic ring is 1. The van der Waals surface area contributed by atoms with E-state index >= 15 is 0 Å². The number of aromatic nitrogens is 2. The molecule has 1 heterocycles. The van der Waals surface area contributed by atoms with Crippen LogP contribution in [0.1, 0.15) is 18.3 Å². The second-order valence-corrected chi connectivity index (χ2v) is 5.20. The van der Waals surface area contributed by atoms with Crippen molar-refractivity contribution >= 4 is 17.6 Å². The Labute approximate surface area is 122 Å². The van der Waals surface area contributed by atoms with Gasteiger partial charge in [-0.3, -0.25) is 0 Å². The summed E-state index contributed by atoms with van der Waals surface area (Å²) < 4.78 is 5.37. The number of hydrazine groups is 1. The molecule has 3 N–H and O–H groups in total. The summed E-state index contributed by atoms with van der Waals surface area (Å²) in [6.45, 7) is 3.97. The quantitative estimate of drug-likeness (QED) is 0.501. The number of hydrogen-bond acceptors (Lipinski definition) is 6. The van der Waals surface area contributed by atoms with E-state index in [1.807, 2.05) is 38.1 Å². The normalized spacial score (nSPS) is 10.4. The summed E-state index contributed by atoms with van der Waals surface area (Å²) in [4.78, 5) is 9.95. The van der Waals surface area contributed by atoms with Crippen molar-refractivity contribution in [1.82, 2.24) is 9.97 Å². The van der Waals surface area contributed by atoms with Crippen molar-refractivity contribution in [2.24, 2.45) is 5.84 Å². The lowest BCUT2D eigenvalue weighted by atomic mass is 10.3. The highest BCUT2D eigenvalue weighted by atomic mass is 32.2. The molecule has 0 aliphatic heterocycles. The Hall–Kier alpha value is -1.79. The number of aryl methyl sites for hydroxylation is 1. The molecule has 20 heavy (non-hydrogen) atoms. The maximum absolute atomic E-state index is 5.52. The number of benzene rings is 1. The largest absolute Gasteiger partial charge is 0.496 e. The lowest BCUT2D eigenvalue weighted by molar-refractivity contribution is 0.405. The van der Waals surface area contributed by atoms with Gasteiger partial charge >= 0.3 is 0 Å². The van der Waals surface area contributed by atoms with Gasteiger partial charge in [-0.2, -0.15) is 0 Å². The molecule has 1 aromatic heterocycles. The number of nitrogens with one attached hydrogen (secondary N) is 1. The highest BCUT2D eigenvalue weighted by molar-refractivity contribution is 7.99. The molecule has 0 spiro atoms. The molecule has 0 bridgehead atoms. The molecule has 106 valence electrons. The molecule has 0 fully saturated rings.